The van der Waals surface area contributed by atoms with Gasteiger partial charge in [-0.1, -0.05) is 64.8 Å². The Kier molecular flexibility index (Phi) is 4.85. The van der Waals surface area contributed by atoms with Crippen LogP contribution in [0.3, 0.4) is 0 Å². The number of allylic oxidation sites excluding steroid dienone is 6. The van der Waals surface area contributed by atoms with Crippen LogP contribution in [0.5, 0.6) is 0 Å². The van der Waals surface area contributed by atoms with Gasteiger partial charge in [0.15, 0.2) is 0 Å². The topological polar surface area (TPSA) is 0 Å². The van der Waals surface area contributed by atoms with Crippen molar-refractivity contribution < 1.29 is 0 Å². The van der Waals surface area contributed by atoms with E-state index >= 15 is 0 Å². The van der Waals surface area contributed by atoms with Crippen molar-refractivity contribution in [1.82, 2.24) is 0 Å². The van der Waals surface area contributed by atoms with Gasteiger partial charge in [0.25, 0.3) is 0 Å². The summed E-state index contributed by atoms with van der Waals surface area (Å²) >= 11 is 0. The quantitative estimate of drug-likeness (QED) is 0.519. The maximum absolute atomic E-state index is 2.56. The first-order valence-electron chi connectivity index (χ1n) is 8.86. The zero-order valence-corrected chi connectivity index (χ0v) is 15.2. The summed E-state index contributed by atoms with van der Waals surface area (Å²) in [5.41, 5.74) is 5.09. The van der Waals surface area contributed by atoms with Gasteiger partial charge in [-0.2, -0.15) is 0 Å². The van der Waals surface area contributed by atoms with Crippen LogP contribution in [0.4, 0.5) is 0 Å². The van der Waals surface area contributed by atoms with Crippen molar-refractivity contribution in [2.24, 2.45) is 29.1 Å². The van der Waals surface area contributed by atoms with Gasteiger partial charge in [0.2, 0.25) is 0 Å². The molecule has 0 heteroatoms. The molecule has 1 saturated carbocycles. The highest BCUT2D eigenvalue weighted by molar-refractivity contribution is 5.48. The van der Waals surface area contributed by atoms with Crippen LogP contribution in [0.25, 0.3) is 0 Å². The first-order chi connectivity index (χ1) is 9.78. The largest absolute Gasteiger partial charge is 0.0799 e. The second-order valence-electron chi connectivity index (χ2n) is 8.25. The zero-order chi connectivity index (χ0) is 15.8. The van der Waals surface area contributed by atoms with Crippen LogP contribution < -0.4 is 0 Å². The zero-order valence-electron chi connectivity index (χ0n) is 15.2. The molecular formula is C21H34. The highest BCUT2D eigenvalue weighted by Crippen LogP contribution is 2.57. The number of rotatable bonds is 6. The Balaban J connectivity index is 2.23. The predicted molar refractivity (Wildman–Crippen MR) is 94.2 cm³/mol. The van der Waals surface area contributed by atoms with Crippen molar-refractivity contribution in [3.63, 3.8) is 0 Å². The molecule has 2 aliphatic carbocycles. The standard InChI is InChI=1S/C21H34/c1-8-16(6)19(14(2)3)11-20(15(4)5)17-9-10-18-13-21(18,7)12-17/h9-10,12,14,16,18-19H,8,11,13H2,1-7H3. The normalized spacial score (nSPS) is 29.7. The third kappa shape index (κ3) is 3.52. The lowest BCUT2D eigenvalue weighted by atomic mass is 9.76. The van der Waals surface area contributed by atoms with E-state index < -0.39 is 0 Å². The second-order valence-corrected chi connectivity index (χ2v) is 8.25. The minimum Gasteiger partial charge on any atom is -0.0799 e. The predicted octanol–water partition coefficient (Wildman–Crippen LogP) is 6.55. The van der Waals surface area contributed by atoms with Gasteiger partial charge < -0.3 is 0 Å². The maximum Gasteiger partial charge on any atom is -0.00684 e. The Labute approximate surface area is 132 Å². The smallest absolute Gasteiger partial charge is 0.00684 e. The Bertz CT molecular complexity index is 470. The summed E-state index contributed by atoms with van der Waals surface area (Å²) in [7, 11) is 0. The van der Waals surface area contributed by atoms with E-state index in [4.69, 9.17) is 0 Å². The first kappa shape index (κ1) is 16.6. The van der Waals surface area contributed by atoms with Crippen molar-refractivity contribution in [2.45, 2.75) is 67.7 Å². The molecule has 0 radical (unpaired) electrons. The molecule has 4 atom stereocenters. The molecule has 0 aliphatic heterocycles. The van der Waals surface area contributed by atoms with Crippen molar-refractivity contribution in [3.05, 3.63) is 34.9 Å². The molecule has 0 bridgehead atoms. The third-order valence-electron chi connectivity index (χ3n) is 5.96. The van der Waals surface area contributed by atoms with E-state index in [2.05, 4.69) is 66.7 Å². The molecule has 1 fully saturated rings. The number of fused-ring (bicyclic) bond motifs is 1. The van der Waals surface area contributed by atoms with Gasteiger partial charge in [0.05, 0.1) is 0 Å². The Morgan fingerprint density at radius 2 is 1.95 bits per heavy atom. The van der Waals surface area contributed by atoms with Gasteiger partial charge in [0, 0.05) is 0 Å². The minimum absolute atomic E-state index is 0.467. The van der Waals surface area contributed by atoms with Crippen LogP contribution in [0.1, 0.15) is 67.7 Å². The number of hydrogen-bond donors (Lipinski definition) is 0. The van der Waals surface area contributed by atoms with E-state index in [1.165, 1.54) is 30.4 Å². The average molecular weight is 287 g/mol. The maximum atomic E-state index is 2.56. The summed E-state index contributed by atoms with van der Waals surface area (Å²) in [4.78, 5) is 0. The van der Waals surface area contributed by atoms with Gasteiger partial charge in [-0.25, -0.2) is 0 Å². The van der Waals surface area contributed by atoms with Gasteiger partial charge >= 0.3 is 0 Å². The molecule has 0 aromatic carbocycles. The summed E-state index contributed by atoms with van der Waals surface area (Å²) in [6, 6.07) is 0. The molecule has 2 rings (SSSR count). The average Bonchev–Trinajstić information content (AvgIpc) is 3.08. The van der Waals surface area contributed by atoms with Crippen LogP contribution in [0.15, 0.2) is 34.9 Å². The lowest BCUT2D eigenvalue weighted by Gasteiger charge is -2.29. The highest BCUT2D eigenvalue weighted by atomic mass is 14.5. The van der Waals surface area contributed by atoms with E-state index in [0.29, 0.717) is 5.41 Å². The molecule has 0 saturated heterocycles. The van der Waals surface area contributed by atoms with E-state index in [-0.39, 0.29) is 0 Å². The molecule has 0 amide bonds. The van der Waals surface area contributed by atoms with Crippen LogP contribution in [0.2, 0.25) is 0 Å². The highest BCUT2D eigenvalue weighted by Gasteiger charge is 2.48. The van der Waals surface area contributed by atoms with Gasteiger partial charge in [0.1, 0.15) is 0 Å². The van der Waals surface area contributed by atoms with Gasteiger partial charge in [-0.3, -0.25) is 0 Å². The van der Waals surface area contributed by atoms with Crippen LogP contribution in [-0.2, 0) is 0 Å². The van der Waals surface area contributed by atoms with Crippen molar-refractivity contribution in [2.75, 3.05) is 0 Å². The van der Waals surface area contributed by atoms with Crippen molar-refractivity contribution in [3.8, 4) is 0 Å². The molecule has 4 unspecified atom stereocenters. The van der Waals surface area contributed by atoms with Crippen molar-refractivity contribution in [1.29, 1.82) is 0 Å². The molecule has 0 aromatic rings. The molecule has 0 spiro atoms. The first-order valence-corrected chi connectivity index (χ1v) is 8.86. The second kappa shape index (κ2) is 6.15. The summed E-state index contributed by atoms with van der Waals surface area (Å²) < 4.78 is 0. The molecular weight excluding hydrogens is 252 g/mol. The summed E-state index contributed by atoms with van der Waals surface area (Å²) in [5.74, 6) is 3.16. The molecule has 0 aromatic heterocycles. The van der Waals surface area contributed by atoms with E-state index in [9.17, 15) is 0 Å². The van der Waals surface area contributed by atoms with Gasteiger partial charge in [-0.05, 0) is 66.9 Å². The lowest BCUT2D eigenvalue weighted by molar-refractivity contribution is 0.262. The SMILES string of the molecule is CCC(C)C(CC(C1=CC2(C)CC2C=C1)=C(C)C)C(C)C. The fourth-order valence-corrected chi connectivity index (χ4v) is 3.92. The summed E-state index contributed by atoms with van der Waals surface area (Å²) in [6.07, 6.45) is 11.3. The Morgan fingerprint density at radius 3 is 2.43 bits per heavy atom. The van der Waals surface area contributed by atoms with Gasteiger partial charge in [-0.15, -0.1) is 0 Å². The molecule has 0 nitrogen and oxygen atoms in total. The van der Waals surface area contributed by atoms with Crippen LogP contribution >= 0.6 is 0 Å². The van der Waals surface area contributed by atoms with E-state index in [1.54, 1.807) is 5.57 Å². The molecule has 0 N–H and O–H groups in total. The number of hydrogen-bond acceptors (Lipinski definition) is 0. The van der Waals surface area contributed by atoms with Crippen LogP contribution in [-0.4, -0.2) is 0 Å². The molecule has 0 heterocycles. The van der Waals surface area contributed by atoms with Crippen LogP contribution in [0, 0.1) is 29.1 Å². The van der Waals surface area contributed by atoms with E-state index in [1.807, 2.05) is 0 Å². The fourth-order valence-electron chi connectivity index (χ4n) is 3.92. The molecule has 118 valence electrons. The fraction of sp³-hybridized carbons (Fsp3) is 0.714. The monoisotopic (exact) mass is 286 g/mol. The minimum atomic E-state index is 0.467. The summed E-state index contributed by atoms with van der Waals surface area (Å²) in [6.45, 7) is 16.5. The van der Waals surface area contributed by atoms with Crippen molar-refractivity contribution >= 4 is 0 Å². The molecule has 21 heavy (non-hydrogen) atoms. The summed E-state index contributed by atoms with van der Waals surface area (Å²) in [5, 5.41) is 0. The lowest BCUT2D eigenvalue weighted by Crippen LogP contribution is -2.19. The third-order valence-corrected chi connectivity index (χ3v) is 5.96. The Morgan fingerprint density at radius 1 is 1.29 bits per heavy atom. The van der Waals surface area contributed by atoms with E-state index in [0.717, 1.165) is 23.7 Å². The Hall–Kier alpha value is -0.780. The molecule has 2 aliphatic rings.